The molecule has 4 aromatic rings. The molecule has 1 atom stereocenters. The zero-order valence-corrected chi connectivity index (χ0v) is 14.3. The molecule has 0 aliphatic heterocycles. The molecule has 1 aromatic carbocycles. The molecule has 0 saturated heterocycles. The van der Waals surface area contributed by atoms with Crippen molar-refractivity contribution in [3.63, 3.8) is 0 Å². The molecule has 26 heavy (non-hydrogen) atoms. The van der Waals surface area contributed by atoms with Gasteiger partial charge in [0.25, 0.3) is 0 Å². The molecule has 0 saturated carbocycles. The van der Waals surface area contributed by atoms with E-state index < -0.39 is 0 Å². The number of hydrogen-bond acceptors (Lipinski definition) is 6. The molecule has 0 amide bonds. The number of halogens is 1. The average molecular weight is 352 g/mol. The molecule has 0 unspecified atom stereocenters. The van der Waals surface area contributed by atoms with E-state index in [1.165, 1.54) is 18.5 Å². The van der Waals surface area contributed by atoms with Crippen LogP contribution in [0, 0.1) is 5.82 Å². The monoisotopic (exact) mass is 352 g/mol. The highest BCUT2D eigenvalue weighted by atomic mass is 19.1. The summed E-state index contributed by atoms with van der Waals surface area (Å²) in [6, 6.07) is 7.80. The van der Waals surface area contributed by atoms with Crippen molar-refractivity contribution in [2.75, 3.05) is 11.1 Å². The summed E-state index contributed by atoms with van der Waals surface area (Å²) in [7, 11) is 1.83. The minimum atomic E-state index is -0.323. The zero-order valence-electron chi connectivity index (χ0n) is 14.3. The van der Waals surface area contributed by atoms with Gasteiger partial charge in [0.2, 0.25) is 0 Å². The number of aromatic nitrogens is 6. The third kappa shape index (κ3) is 2.73. The maximum Gasteiger partial charge on any atom is 0.137 e. The average Bonchev–Trinajstić information content (AvgIpc) is 3.17. The van der Waals surface area contributed by atoms with Crippen molar-refractivity contribution in [2.24, 2.45) is 7.05 Å². The highest BCUT2D eigenvalue weighted by molar-refractivity contribution is 5.78. The summed E-state index contributed by atoms with van der Waals surface area (Å²) in [5.41, 5.74) is 7.07. The fourth-order valence-corrected chi connectivity index (χ4v) is 2.92. The Kier molecular flexibility index (Phi) is 3.76. The predicted molar refractivity (Wildman–Crippen MR) is 96.3 cm³/mol. The Bertz CT molecular complexity index is 1080. The Balaban J connectivity index is 1.85. The molecule has 0 bridgehead atoms. The van der Waals surface area contributed by atoms with Gasteiger partial charge in [-0.05, 0) is 19.1 Å². The van der Waals surface area contributed by atoms with Crippen molar-refractivity contribution < 1.29 is 4.39 Å². The predicted octanol–water partition coefficient (Wildman–Crippen LogP) is 2.44. The molecular formula is C17H17FN8. The van der Waals surface area contributed by atoms with Gasteiger partial charge >= 0.3 is 0 Å². The van der Waals surface area contributed by atoms with Crippen molar-refractivity contribution in [3.8, 4) is 5.82 Å². The van der Waals surface area contributed by atoms with Crippen LogP contribution in [0.2, 0.25) is 0 Å². The van der Waals surface area contributed by atoms with E-state index in [9.17, 15) is 4.39 Å². The Morgan fingerprint density at radius 1 is 1.19 bits per heavy atom. The van der Waals surface area contributed by atoms with E-state index in [0.717, 1.165) is 5.82 Å². The summed E-state index contributed by atoms with van der Waals surface area (Å²) in [4.78, 5) is 12.7. The molecule has 0 aliphatic carbocycles. The number of imidazole rings is 1. The van der Waals surface area contributed by atoms with Gasteiger partial charge in [-0.25, -0.2) is 19.3 Å². The summed E-state index contributed by atoms with van der Waals surface area (Å²) in [5.74, 6) is 2.11. The lowest BCUT2D eigenvalue weighted by Gasteiger charge is -2.16. The van der Waals surface area contributed by atoms with Gasteiger partial charge in [0, 0.05) is 25.2 Å². The van der Waals surface area contributed by atoms with Crippen LogP contribution in [-0.4, -0.2) is 29.3 Å². The first-order valence-electron chi connectivity index (χ1n) is 8.03. The highest BCUT2D eigenvalue weighted by Gasteiger charge is 2.20. The molecule has 8 nitrogen and oxygen atoms in total. The first-order chi connectivity index (χ1) is 12.5. The normalized spacial score (nSPS) is 12.4. The number of nitrogens with one attached hydrogen (secondary N) is 1. The van der Waals surface area contributed by atoms with E-state index in [1.54, 1.807) is 23.0 Å². The van der Waals surface area contributed by atoms with Gasteiger partial charge in [0.1, 0.15) is 35.4 Å². The first-order valence-corrected chi connectivity index (χ1v) is 8.03. The van der Waals surface area contributed by atoms with Crippen molar-refractivity contribution in [3.05, 3.63) is 54.5 Å². The van der Waals surface area contributed by atoms with Gasteiger partial charge in [-0.1, -0.05) is 0 Å². The second-order valence-electron chi connectivity index (χ2n) is 5.95. The standard InChI is InChI=1S/C17H17FN8/c1-10(23-15-8-14(19)20-9-21-15)17-24-12-4-3-11(18)7-13(12)26(17)16-5-6-22-25(16)2/h3-10H,1-2H3,(H3,19,20,21,23)/t10-/m0/s1. The maximum absolute atomic E-state index is 13.9. The van der Waals surface area contributed by atoms with Crippen molar-refractivity contribution in [1.29, 1.82) is 0 Å². The molecular weight excluding hydrogens is 335 g/mol. The molecule has 132 valence electrons. The third-order valence-corrected chi connectivity index (χ3v) is 4.11. The van der Waals surface area contributed by atoms with Gasteiger partial charge in [-0.3, -0.25) is 9.25 Å². The van der Waals surface area contributed by atoms with E-state index in [-0.39, 0.29) is 11.9 Å². The van der Waals surface area contributed by atoms with E-state index in [0.29, 0.717) is 28.5 Å². The molecule has 0 fully saturated rings. The van der Waals surface area contributed by atoms with E-state index in [4.69, 9.17) is 5.73 Å². The number of anilines is 2. The number of nitrogen functional groups attached to an aromatic ring is 1. The number of fused-ring (bicyclic) bond motifs is 1. The number of nitrogens with two attached hydrogens (primary N) is 1. The number of hydrogen-bond donors (Lipinski definition) is 2. The third-order valence-electron chi connectivity index (χ3n) is 4.11. The Morgan fingerprint density at radius 3 is 2.77 bits per heavy atom. The van der Waals surface area contributed by atoms with Crippen LogP contribution in [0.5, 0.6) is 0 Å². The fraction of sp³-hybridized carbons (Fsp3) is 0.176. The van der Waals surface area contributed by atoms with Crippen molar-refractivity contribution >= 4 is 22.7 Å². The quantitative estimate of drug-likeness (QED) is 0.585. The number of benzene rings is 1. The Morgan fingerprint density at radius 2 is 2.04 bits per heavy atom. The van der Waals surface area contributed by atoms with Gasteiger partial charge in [0.05, 0.1) is 23.3 Å². The fourth-order valence-electron chi connectivity index (χ4n) is 2.92. The van der Waals surface area contributed by atoms with Crippen LogP contribution in [0.15, 0.2) is 42.9 Å². The lowest BCUT2D eigenvalue weighted by atomic mass is 10.3. The topological polar surface area (TPSA) is 99.5 Å². The van der Waals surface area contributed by atoms with Crippen molar-refractivity contribution in [1.82, 2.24) is 29.3 Å². The molecule has 9 heteroatoms. The molecule has 3 aromatic heterocycles. The first kappa shape index (κ1) is 16.0. The summed E-state index contributed by atoms with van der Waals surface area (Å²) in [5, 5.41) is 7.47. The molecule has 3 N–H and O–H groups in total. The largest absolute Gasteiger partial charge is 0.384 e. The van der Waals surface area contributed by atoms with E-state index in [2.05, 4.69) is 25.4 Å². The summed E-state index contributed by atoms with van der Waals surface area (Å²) >= 11 is 0. The number of rotatable bonds is 4. The molecule has 0 radical (unpaired) electrons. The SMILES string of the molecule is C[C@H](Nc1cc(N)ncn1)c1nc2ccc(F)cc2n1-c1ccnn1C. The van der Waals surface area contributed by atoms with Gasteiger partial charge in [-0.15, -0.1) is 0 Å². The minimum absolute atomic E-state index is 0.227. The Labute approximate surface area is 148 Å². The lowest BCUT2D eigenvalue weighted by Crippen LogP contribution is -2.15. The van der Waals surface area contributed by atoms with Crippen LogP contribution in [0.3, 0.4) is 0 Å². The molecule has 3 heterocycles. The van der Waals surface area contributed by atoms with E-state index >= 15 is 0 Å². The van der Waals surface area contributed by atoms with Crippen LogP contribution in [0.25, 0.3) is 16.9 Å². The van der Waals surface area contributed by atoms with E-state index in [1.807, 2.05) is 24.6 Å². The van der Waals surface area contributed by atoms with Crippen molar-refractivity contribution in [2.45, 2.75) is 13.0 Å². The second-order valence-corrected chi connectivity index (χ2v) is 5.95. The van der Waals surface area contributed by atoms with Crippen LogP contribution < -0.4 is 11.1 Å². The maximum atomic E-state index is 13.9. The molecule has 4 rings (SSSR count). The molecule has 0 aliphatic rings. The van der Waals surface area contributed by atoms with Crippen LogP contribution in [0.1, 0.15) is 18.8 Å². The Hall–Kier alpha value is -3.49. The minimum Gasteiger partial charge on any atom is -0.384 e. The number of nitrogens with zero attached hydrogens (tertiary/aromatic N) is 6. The summed E-state index contributed by atoms with van der Waals surface area (Å²) in [6.45, 7) is 1.95. The van der Waals surface area contributed by atoms with Crippen LogP contribution in [0.4, 0.5) is 16.0 Å². The second kappa shape index (κ2) is 6.10. The van der Waals surface area contributed by atoms with Crippen LogP contribution >= 0.6 is 0 Å². The van der Waals surface area contributed by atoms with Gasteiger partial charge in [0.15, 0.2) is 0 Å². The number of aryl methyl sites for hydroxylation is 1. The smallest absolute Gasteiger partial charge is 0.137 e. The summed E-state index contributed by atoms with van der Waals surface area (Å²) in [6.07, 6.45) is 3.08. The van der Waals surface area contributed by atoms with Gasteiger partial charge in [-0.2, -0.15) is 5.10 Å². The highest BCUT2D eigenvalue weighted by Crippen LogP contribution is 2.27. The van der Waals surface area contributed by atoms with Gasteiger partial charge < -0.3 is 11.1 Å². The summed E-state index contributed by atoms with van der Waals surface area (Å²) < 4.78 is 17.4. The van der Waals surface area contributed by atoms with Crippen LogP contribution in [-0.2, 0) is 7.05 Å². The molecule has 0 spiro atoms. The lowest BCUT2D eigenvalue weighted by molar-refractivity contribution is 0.628. The zero-order chi connectivity index (χ0) is 18.3.